The van der Waals surface area contributed by atoms with E-state index < -0.39 is 29.7 Å². The summed E-state index contributed by atoms with van der Waals surface area (Å²) in [6.45, 7) is 5.03. The van der Waals surface area contributed by atoms with Gasteiger partial charge >= 0.3 is 12.1 Å². The molecule has 0 aliphatic rings. The Kier molecular flexibility index (Phi) is 6.15. The molecular formula is C19H17ClF3NO3. The Hall–Kier alpha value is -2.54. The third-order valence-corrected chi connectivity index (χ3v) is 4.28. The Balaban J connectivity index is 2.09. The number of ether oxygens (including phenoxy) is 1. The van der Waals surface area contributed by atoms with Crippen molar-refractivity contribution in [2.24, 2.45) is 0 Å². The molecule has 0 unspecified atom stereocenters. The first kappa shape index (κ1) is 20.8. The number of amides is 1. The van der Waals surface area contributed by atoms with Crippen molar-refractivity contribution in [2.45, 2.75) is 33.1 Å². The van der Waals surface area contributed by atoms with Crippen LogP contribution in [0.3, 0.4) is 0 Å². The lowest BCUT2D eigenvalue weighted by atomic mass is 10.1. The van der Waals surface area contributed by atoms with Crippen LogP contribution in [0.5, 0.6) is 0 Å². The molecule has 1 N–H and O–H groups in total. The second kappa shape index (κ2) is 8.00. The summed E-state index contributed by atoms with van der Waals surface area (Å²) < 4.78 is 43.5. The van der Waals surface area contributed by atoms with Gasteiger partial charge in [0.1, 0.15) is 0 Å². The van der Waals surface area contributed by atoms with Gasteiger partial charge in [0.15, 0.2) is 6.10 Å². The number of carbonyl (C=O) groups excluding carboxylic acids is 2. The molecular weight excluding hydrogens is 383 g/mol. The molecule has 4 nitrogen and oxygen atoms in total. The van der Waals surface area contributed by atoms with E-state index in [9.17, 15) is 22.8 Å². The molecule has 144 valence electrons. The van der Waals surface area contributed by atoms with Gasteiger partial charge in [-0.3, -0.25) is 4.79 Å². The SMILES string of the molecule is Cc1ccc(C(=O)O[C@@H](C)C(=O)Nc2cc(C(F)(F)F)ccc2Cl)cc1C. The van der Waals surface area contributed by atoms with Gasteiger partial charge in [0.2, 0.25) is 0 Å². The van der Waals surface area contributed by atoms with E-state index in [1.807, 2.05) is 13.8 Å². The van der Waals surface area contributed by atoms with E-state index in [0.29, 0.717) is 0 Å². The van der Waals surface area contributed by atoms with Crippen molar-refractivity contribution in [1.29, 1.82) is 0 Å². The summed E-state index contributed by atoms with van der Waals surface area (Å²) in [5.41, 5.74) is 0.983. The molecule has 0 bridgehead atoms. The zero-order chi connectivity index (χ0) is 20.4. The number of alkyl halides is 3. The van der Waals surface area contributed by atoms with Gasteiger partial charge in [-0.2, -0.15) is 13.2 Å². The van der Waals surface area contributed by atoms with E-state index >= 15 is 0 Å². The van der Waals surface area contributed by atoms with Crippen LogP contribution < -0.4 is 5.32 Å². The fourth-order valence-corrected chi connectivity index (χ4v) is 2.35. The second-order valence-corrected chi connectivity index (χ2v) is 6.44. The number of nitrogens with one attached hydrogen (secondary N) is 1. The third-order valence-electron chi connectivity index (χ3n) is 3.95. The minimum Gasteiger partial charge on any atom is -0.449 e. The molecule has 0 saturated carbocycles. The molecule has 0 radical (unpaired) electrons. The molecule has 0 aromatic heterocycles. The molecule has 2 aromatic rings. The van der Waals surface area contributed by atoms with Crippen LogP contribution in [-0.4, -0.2) is 18.0 Å². The highest BCUT2D eigenvalue weighted by atomic mass is 35.5. The summed E-state index contributed by atoms with van der Waals surface area (Å²) in [7, 11) is 0. The van der Waals surface area contributed by atoms with E-state index in [-0.39, 0.29) is 16.3 Å². The van der Waals surface area contributed by atoms with Crippen molar-refractivity contribution in [3.8, 4) is 0 Å². The van der Waals surface area contributed by atoms with Crippen LogP contribution in [0.2, 0.25) is 5.02 Å². The first-order valence-corrected chi connectivity index (χ1v) is 8.32. The van der Waals surface area contributed by atoms with Crippen molar-refractivity contribution in [2.75, 3.05) is 5.32 Å². The quantitative estimate of drug-likeness (QED) is 0.722. The Morgan fingerprint density at radius 3 is 2.33 bits per heavy atom. The Labute approximate surface area is 159 Å². The Morgan fingerprint density at radius 1 is 1.07 bits per heavy atom. The lowest BCUT2D eigenvalue weighted by Gasteiger charge is -2.16. The average Bonchev–Trinajstić information content (AvgIpc) is 2.58. The Morgan fingerprint density at radius 2 is 1.74 bits per heavy atom. The van der Waals surface area contributed by atoms with E-state index in [1.165, 1.54) is 6.92 Å². The highest BCUT2D eigenvalue weighted by molar-refractivity contribution is 6.33. The number of aryl methyl sites for hydroxylation is 2. The van der Waals surface area contributed by atoms with Crippen molar-refractivity contribution in [3.63, 3.8) is 0 Å². The van der Waals surface area contributed by atoms with Crippen LogP contribution in [0.1, 0.15) is 34.0 Å². The lowest BCUT2D eigenvalue weighted by molar-refractivity contribution is -0.137. The summed E-state index contributed by atoms with van der Waals surface area (Å²) >= 11 is 5.84. The minimum absolute atomic E-state index is 0.0657. The van der Waals surface area contributed by atoms with E-state index in [1.54, 1.807) is 18.2 Å². The minimum atomic E-state index is -4.58. The molecule has 8 heteroatoms. The van der Waals surface area contributed by atoms with Gasteiger partial charge < -0.3 is 10.1 Å². The van der Waals surface area contributed by atoms with Gasteiger partial charge in [0.25, 0.3) is 5.91 Å². The van der Waals surface area contributed by atoms with Gasteiger partial charge in [0.05, 0.1) is 21.8 Å². The molecule has 1 amide bonds. The second-order valence-electron chi connectivity index (χ2n) is 6.03. The summed E-state index contributed by atoms with van der Waals surface area (Å²) in [4.78, 5) is 24.3. The fourth-order valence-electron chi connectivity index (χ4n) is 2.18. The Bertz CT molecular complexity index is 881. The number of carbonyl (C=O) groups is 2. The molecule has 0 fully saturated rings. The van der Waals surface area contributed by atoms with Crippen molar-refractivity contribution in [1.82, 2.24) is 0 Å². The summed E-state index contributed by atoms with van der Waals surface area (Å²) in [6, 6.07) is 7.51. The van der Waals surface area contributed by atoms with Crippen LogP contribution in [0.25, 0.3) is 0 Å². The molecule has 0 spiro atoms. The zero-order valence-electron chi connectivity index (χ0n) is 14.8. The summed E-state index contributed by atoms with van der Waals surface area (Å²) in [6.07, 6.45) is -5.81. The van der Waals surface area contributed by atoms with Crippen molar-refractivity contribution < 1.29 is 27.5 Å². The maximum Gasteiger partial charge on any atom is 0.416 e. The maximum absolute atomic E-state index is 12.8. The predicted molar refractivity (Wildman–Crippen MR) is 95.9 cm³/mol. The van der Waals surface area contributed by atoms with Gasteiger partial charge in [-0.15, -0.1) is 0 Å². The van der Waals surface area contributed by atoms with E-state index in [4.69, 9.17) is 16.3 Å². The van der Waals surface area contributed by atoms with Crippen LogP contribution in [0.4, 0.5) is 18.9 Å². The van der Waals surface area contributed by atoms with Crippen LogP contribution in [0, 0.1) is 13.8 Å². The smallest absolute Gasteiger partial charge is 0.416 e. The fraction of sp³-hybridized carbons (Fsp3) is 0.263. The molecule has 0 aliphatic carbocycles. The van der Waals surface area contributed by atoms with Crippen LogP contribution >= 0.6 is 11.6 Å². The number of halogens is 4. The highest BCUT2D eigenvalue weighted by Gasteiger charge is 2.31. The third kappa shape index (κ3) is 5.23. The molecule has 0 aliphatic heterocycles. The van der Waals surface area contributed by atoms with Gasteiger partial charge in [-0.25, -0.2) is 4.79 Å². The molecule has 2 rings (SSSR count). The molecule has 0 heterocycles. The van der Waals surface area contributed by atoms with Crippen LogP contribution in [-0.2, 0) is 15.7 Å². The number of hydrogen-bond acceptors (Lipinski definition) is 3. The monoisotopic (exact) mass is 399 g/mol. The predicted octanol–water partition coefficient (Wildman–Crippen LogP) is 5.16. The highest BCUT2D eigenvalue weighted by Crippen LogP contribution is 2.33. The van der Waals surface area contributed by atoms with Crippen molar-refractivity contribution in [3.05, 3.63) is 63.7 Å². The first-order chi connectivity index (χ1) is 12.5. The van der Waals surface area contributed by atoms with Gasteiger partial charge in [-0.1, -0.05) is 17.7 Å². The topological polar surface area (TPSA) is 55.4 Å². The van der Waals surface area contributed by atoms with Gasteiger partial charge in [0, 0.05) is 0 Å². The maximum atomic E-state index is 12.8. The van der Waals surface area contributed by atoms with E-state index in [0.717, 1.165) is 29.3 Å². The molecule has 0 saturated heterocycles. The number of anilines is 1. The first-order valence-electron chi connectivity index (χ1n) is 7.95. The molecule has 2 aromatic carbocycles. The van der Waals surface area contributed by atoms with E-state index in [2.05, 4.69) is 5.32 Å². The summed E-state index contributed by atoms with van der Waals surface area (Å²) in [5.74, 6) is -1.51. The number of benzene rings is 2. The molecule has 27 heavy (non-hydrogen) atoms. The largest absolute Gasteiger partial charge is 0.449 e. The van der Waals surface area contributed by atoms with Crippen molar-refractivity contribution >= 4 is 29.2 Å². The zero-order valence-corrected chi connectivity index (χ0v) is 15.5. The van der Waals surface area contributed by atoms with Crippen LogP contribution in [0.15, 0.2) is 36.4 Å². The number of rotatable bonds is 4. The summed E-state index contributed by atoms with van der Waals surface area (Å²) in [5, 5.41) is 2.19. The molecule has 1 atom stereocenters. The number of hydrogen-bond donors (Lipinski definition) is 1. The lowest BCUT2D eigenvalue weighted by Crippen LogP contribution is -2.30. The standard InChI is InChI=1S/C19H17ClF3NO3/c1-10-4-5-13(8-11(10)2)18(26)27-12(3)17(25)24-16-9-14(19(21,22)23)6-7-15(16)20/h4-9,12H,1-3H3,(H,24,25)/t12-/m0/s1. The van der Waals surface area contributed by atoms with Gasteiger partial charge in [-0.05, 0) is 62.2 Å². The normalized spacial score (nSPS) is 12.4. The average molecular weight is 400 g/mol. The number of esters is 1.